The molecule has 0 saturated carbocycles. The van der Waals surface area contributed by atoms with Crippen molar-refractivity contribution >= 4 is 106 Å². The number of likely N-dealkylation sites (N-methyl/N-ethyl adjacent to an activating group) is 1. The average molecular weight is 1990 g/mol. The summed E-state index contributed by atoms with van der Waals surface area (Å²) in [6.45, 7) is 2.21. The fourth-order valence-electron chi connectivity index (χ4n) is 14.0. The van der Waals surface area contributed by atoms with Crippen LogP contribution in [0.1, 0.15) is 258 Å². The van der Waals surface area contributed by atoms with E-state index in [0.29, 0.717) is 102 Å². The van der Waals surface area contributed by atoms with Gasteiger partial charge in [-0.3, -0.25) is 62.3 Å². The number of benzene rings is 2. The fourth-order valence-corrected chi connectivity index (χ4v) is 14.0. The van der Waals surface area contributed by atoms with Crippen LogP contribution in [0.15, 0.2) is 48.5 Å². The Kier molecular flexibility index (Phi) is 73.1. The van der Waals surface area contributed by atoms with E-state index in [4.69, 9.17) is 57.6 Å². The van der Waals surface area contributed by atoms with E-state index in [1.165, 1.54) is 24.3 Å². The molecule has 790 valence electrons. The van der Waals surface area contributed by atoms with Crippen molar-refractivity contribution in [2.75, 3.05) is 159 Å². The van der Waals surface area contributed by atoms with Gasteiger partial charge < -0.3 is 126 Å². The second-order valence-electron chi connectivity index (χ2n) is 33.6. The van der Waals surface area contributed by atoms with Crippen LogP contribution >= 0.6 is 0 Å². The molecule has 0 spiro atoms. The second-order valence-corrected chi connectivity index (χ2v) is 33.6. The third-order valence-electron chi connectivity index (χ3n) is 22.1. The molecule has 0 radical (unpaired) electrons. The van der Waals surface area contributed by atoms with E-state index >= 15 is 0 Å². The summed E-state index contributed by atoms with van der Waals surface area (Å²) >= 11 is 0. The quantitative estimate of drug-likeness (QED) is 0.0336. The number of carbonyl (C=O) groups excluding carboxylic acids is 12. The second kappa shape index (κ2) is 81.8. The maximum atomic E-state index is 13.2. The van der Waals surface area contributed by atoms with Crippen molar-refractivity contribution in [1.29, 1.82) is 0 Å². The molecule has 2 rings (SSSR count). The third-order valence-corrected chi connectivity index (χ3v) is 22.1. The summed E-state index contributed by atoms with van der Waals surface area (Å²) in [5, 5.41) is 87.2. The number of unbranched alkanes of at least 4 members (excludes halogenated alkanes) is 14. The fraction of sp³-hybridized carbons (Fsp3) is 0.691. The Morgan fingerprint density at radius 2 is 0.621 bits per heavy atom. The van der Waals surface area contributed by atoms with Crippen LogP contribution in [-0.2, 0) is 115 Å². The summed E-state index contributed by atoms with van der Waals surface area (Å²) in [5.41, 5.74) is 0.370. The molecule has 2 aromatic carbocycles. The number of aliphatic carboxylic acids is 4. The van der Waals surface area contributed by atoms with Gasteiger partial charge in [-0.1, -0.05) is 70.6 Å². The van der Waals surface area contributed by atoms with Crippen molar-refractivity contribution in [2.24, 2.45) is 11.8 Å². The number of carboxylic acid groups (broad SMARTS) is 6. The summed E-state index contributed by atoms with van der Waals surface area (Å²) in [6, 6.07) is 7.73. The molecule has 7 amide bonds. The van der Waals surface area contributed by atoms with Gasteiger partial charge in [0.1, 0.15) is 80.0 Å². The summed E-state index contributed by atoms with van der Waals surface area (Å²) in [5.74, 6) is -12.5. The summed E-state index contributed by atoms with van der Waals surface area (Å²) < 4.78 is 54.6. The molecule has 0 aliphatic rings. The number of rotatable bonds is 96. The molecule has 43 heteroatoms. The summed E-state index contributed by atoms with van der Waals surface area (Å²) in [4.78, 5) is 220. The maximum absolute atomic E-state index is 13.2. The Balaban J connectivity index is 1.39. The van der Waals surface area contributed by atoms with Crippen LogP contribution in [-0.4, -0.2) is 325 Å². The minimum Gasteiger partial charge on any atom is -0.494 e. The summed E-state index contributed by atoms with van der Waals surface area (Å²) in [7, 11) is 1.67. The van der Waals surface area contributed by atoms with E-state index in [-0.39, 0.29) is 261 Å². The number of aliphatic hydroxyl groups is 1. The van der Waals surface area contributed by atoms with Crippen LogP contribution in [0.3, 0.4) is 0 Å². The first-order valence-electron chi connectivity index (χ1n) is 48.7. The monoisotopic (exact) mass is 1990 g/mol. The predicted octanol–water partition coefficient (Wildman–Crippen LogP) is 6.02. The van der Waals surface area contributed by atoms with Gasteiger partial charge in [-0.15, -0.1) is 0 Å². The number of hydrogen-bond donors (Lipinski definition) is 15. The lowest BCUT2D eigenvalue weighted by molar-refractivity contribution is -0.145. The van der Waals surface area contributed by atoms with E-state index in [1.54, 1.807) is 31.3 Å². The smallest absolute Gasteiger partial charge is 0.335 e. The minimum atomic E-state index is -1.44. The number of carbonyl (C=O) groups is 18. The summed E-state index contributed by atoms with van der Waals surface area (Å²) in [6.07, 6.45) is 14.5. The van der Waals surface area contributed by atoms with Crippen molar-refractivity contribution in [3.8, 4) is 11.5 Å². The molecule has 0 aliphatic carbocycles. The number of aliphatic hydroxyl groups excluding tert-OH is 1. The van der Waals surface area contributed by atoms with Gasteiger partial charge in [0, 0.05) is 110 Å². The minimum absolute atomic E-state index is 0.0826. The van der Waals surface area contributed by atoms with Gasteiger partial charge in [0.2, 0.25) is 41.4 Å². The Bertz CT molecular complexity index is 3950. The molecular formula is C97H152N8O35. The number of aromatic carboxylic acids is 2. The SMILES string of the molecule is CN[C@@H](CCCCNC(=O)COCCOCCCC(=O)COCCOCCNC(=O)CC[C@H](NC(=O)CC[C@H](NC(=O)CCCCCCCCCOc1ccc(C(=O)O)cc1)C(=O)O)C(=O)O)C(=O)CC[C@@H](CCCCNC(=O)COCCOCCNC(=O)COCCOCCCC(=O)CC[C@H](NC(=O)CC[C@H](CC(=O)CCCCCCCCCOc1ccc(C(=O)O)cc1)C(=O)O)C(=O)O)C(=O)CO. The normalized spacial score (nSPS) is 12.4. The van der Waals surface area contributed by atoms with Gasteiger partial charge in [0.15, 0.2) is 11.6 Å². The van der Waals surface area contributed by atoms with Gasteiger partial charge in [-0.05, 0) is 158 Å². The lowest BCUT2D eigenvalue weighted by Gasteiger charge is -2.18. The average Bonchev–Trinajstić information content (AvgIpc) is 0.938. The van der Waals surface area contributed by atoms with Gasteiger partial charge in [0.05, 0.1) is 102 Å². The zero-order valence-electron chi connectivity index (χ0n) is 81.1. The Hall–Kier alpha value is -10.9. The first-order valence-corrected chi connectivity index (χ1v) is 48.7. The Labute approximate surface area is 818 Å². The van der Waals surface area contributed by atoms with Crippen LogP contribution in [0.25, 0.3) is 0 Å². The molecule has 140 heavy (non-hydrogen) atoms. The standard InChI is InChI=1S/C97H152N8O35/c1-98-79(26-15-17-47-100-90(117)67-136-61-57-132-51-21-25-76(109)66-135-60-58-133-54-48-101-85(112)44-40-81(96(127)128)105-88(115)45-41-82(97(129)130)103-86(113)27-13-9-5-3-7-11-19-53-140-78-37-30-72(31-38-78)93(121)122)83(110)42-32-70(84(111)65-106)22-14-16-46-99-89(116)68-138-63-59-134-55-49-102-91(118)69-137-62-56-131-50-20-24-74(107)34-39-80(95(125)126)104-87(114)43-33-73(94(123)124)64-75(108)23-12-8-4-2-6-10-18-52-139-77-35-28-71(29-36-77)92(119)120/h28-31,35-38,70,73,79-82,98,106H,2-27,32-34,39-69H2,1H3,(H,99,116)(H,100,117)(H,101,112)(H,102,118)(H,103,113)(H,104,114)(H,105,115)(H,119,120)(H,121,122)(H,123,124)(H,125,126)(H,127,128)(H,129,130)/t70-,73-,79+,80+,81+,82+/m1/s1. The van der Waals surface area contributed by atoms with E-state index < -0.39 is 114 Å². The Morgan fingerprint density at radius 1 is 0.264 bits per heavy atom. The molecule has 0 bridgehead atoms. The number of nitrogens with one attached hydrogen (secondary N) is 8. The maximum Gasteiger partial charge on any atom is 0.335 e. The highest BCUT2D eigenvalue weighted by atomic mass is 16.5. The van der Waals surface area contributed by atoms with Crippen LogP contribution in [0.5, 0.6) is 11.5 Å². The first kappa shape index (κ1) is 125. The first-order chi connectivity index (χ1) is 67.4. The molecule has 43 nitrogen and oxygen atoms in total. The van der Waals surface area contributed by atoms with Crippen molar-refractivity contribution in [3.63, 3.8) is 0 Å². The largest absolute Gasteiger partial charge is 0.494 e. The topological polar surface area (TPSA) is 637 Å². The van der Waals surface area contributed by atoms with Gasteiger partial charge in [0.25, 0.3) is 0 Å². The van der Waals surface area contributed by atoms with Crippen LogP contribution in [0.2, 0.25) is 0 Å². The van der Waals surface area contributed by atoms with E-state index in [9.17, 15) is 112 Å². The molecule has 2 aromatic rings. The number of Topliss-reactive ketones (excluding diaryl/α,β-unsaturated/α-hetero) is 5. The van der Waals surface area contributed by atoms with Gasteiger partial charge in [-0.2, -0.15) is 0 Å². The zero-order valence-corrected chi connectivity index (χ0v) is 81.1. The Morgan fingerprint density at radius 3 is 1.06 bits per heavy atom. The van der Waals surface area contributed by atoms with Gasteiger partial charge in [-0.25, -0.2) is 24.0 Å². The molecule has 0 unspecified atom stereocenters. The number of ketones is 5. The highest BCUT2D eigenvalue weighted by molar-refractivity contribution is 5.91. The lowest BCUT2D eigenvalue weighted by atomic mass is 9.90. The van der Waals surface area contributed by atoms with Crippen molar-refractivity contribution < 1.29 is 169 Å². The van der Waals surface area contributed by atoms with Gasteiger partial charge >= 0.3 is 35.8 Å². The van der Waals surface area contributed by atoms with Crippen molar-refractivity contribution in [2.45, 2.75) is 262 Å². The molecule has 0 saturated heterocycles. The predicted molar refractivity (Wildman–Crippen MR) is 505 cm³/mol. The number of ether oxygens (including phenoxy) is 10. The molecule has 0 fully saturated rings. The highest BCUT2D eigenvalue weighted by Gasteiger charge is 2.29. The van der Waals surface area contributed by atoms with Crippen molar-refractivity contribution in [3.05, 3.63) is 59.7 Å². The van der Waals surface area contributed by atoms with E-state index in [1.807, 2.05) is 0 Å². The highest BCUT2D eigenvalue weighted by Crippen LogP contribution is 2.22. The molecule has 0 heterocycles. The third kappa shape index (κ3) is 68.2. The molecule has 6 atom stereocenters. The van der Waals surface area contributed by atoms with Crippen molar-refractivity contribution in [1.82, 2.24) is 42.5 Å². The molecule has 0 aromatic heterocycles. The van der Waals surface area contributed by atoms with Crippen LogP contribution < -0.4 is 52.0 Å². The molecule has 15 N–H and O–H groups in total. The molecule has 0 aliphatic heterocycles. The lowest BCUT2D eigenvalue weighted by Crippen LogP contribution is -2.44. The van der Waals surface area contributed by atoms with E-state index in [0.717, 1.165) is 77.0 Å². The van der Waals surface area contributed by atoms with E-state index in [2.05, 4.69) is 42.5 Å². The number of carboxylic acids is 6. The van der Waals surface area contributed by atoms with Crippen LogP contribution in [0.4, 0.5) is 0 Å². The van der Waals surface area contributed by atoms with Crippen LogP contribution in [0, 0.1) is 11.8 Å². The number of hydrogen-bond acceptors (Lipinski definition) is 30. The zero-order chi connectivity index (χ0) is 103. The number of amides is 7. The molecular weight excluding hydrogens is 1840 g/mol.